The Morgan fingerprint density at radius 1 is 0.864 bits per heavy atom. The predicted molar refractivity (Wildman–Crippen MR) is 98.4 cm³/mol. The Bertz CT molecular complexity index is 489. The highest BCUT2D eigenvalue weighted by Gasteiger charge is 2.31. The van der Waals surface area contributed by atoms with E-state index in [4.69, 9.17) is 0 Å². The van der Waals surface area contributed by atoms with Gasteiger partial charge in [-0.25, -0.2) is 0 Å². The van der Waals surface area contributed by atoms with E-state index in [1.54, 1.807) is 0 Å². The van der Waals surface area contributed by atoms with Crippen LogP contribution in [0.1, 0.15) is 83.6 Å². The molecule has 0 heterocycles. The molecule has 0 aromatic heterocycles. The van der Waals surface area contributed by atoms with Crippen LogP contribution < -0.4 is 5.32 Å². The minimum absolute atomic E-state index is 0.0803. The lowest BCUT2D eigenvalue weighted by Crippen LogP contribution is -2.22. The van der Waals surface area contributed by atoms with Gasteiger partial charge in [0.15, 0.2) is 0 Å². The van der Waals surface area contributed by atoms with Gasteiger partial charge in [0.25, 0.3) is 0 Å². The van der Waals surface area contributed by atoms with Gasteiger partial charge in [-0.15, -0.1) is 0 Å². The molecular weight excluding hydrogens is 270 g/mol. The van der Waals surface area contributed by atoms with E-state index in [1.165, 1.54) is 23.2 Å². The topological polar surface area (TPSA) is 32.3 Å². The van der Waals surface area contributed by atoms with Crippen molar-refractivity contribution in [2.75, 3.05) is 11.9 Å². The number of aromatic hydroxyl groups is 1. The lowest BCUT2D eigenvalue weighted by Gasteiger charge is -2.33. The first kappa shape index (κ1) is 18.9. The van der Waals surface area contributed by atoms with Gasteiger partial charge in [0.05, 0.1) is 0 Å². The SMILES string of the molecule is CCCCNc1c(C)c(C(C)(C)C)c(O)c(C(C)(C)C)c1C. The second kappa shape index (κ2) is 6.52. The Balaban J connectivity index is 3.64. The van der Waals surface area contributed by atoms with Gasteiger partial charge in [0.1, 0.15) is 5.75 Å². The van der Waals surface area contributed by atoms with Crippen LogP contribution in [0.3, 0.4) is 0 Å². The van der Waals surface area contributed by atoms with Crippen LogP contribution in [0, 0.1) is 13.8 Å². The number of rotatable bonds is 4. The molecular formula is C20H35NO. The van der Waals surface area contributed by atoms with Crippen molar-refractivity contribution in [3.8, 4) is 5.75 Å². The zero-order valence-electron chi connectivity index (χ0n) is 16.1. The zero-order valence-corrected chi connectivity index (χ0v) is 16.1. The Morgan fingerprint density at radius 3 is 1.59 bits per heavy atom. The van der Waals surface area contributed by atoms with E-state index in [0.717, 1.165) is 24.1 Å². The van der Waals surface area contributed by atoms with Crippen molar-refractivity contribution in [3.63, 3.8) is 0 Å². The minimum Gasteiger partial charge on any atom is -0.507 e. The molecule has 1 aromatic carbocycles. The summed E-state index contributed by atoms with van der Waals surface area (Å²) in [5.41, 5.74) is 5.56. The van der Waals surface area contributed by atoms with E-state index in [0.29, 0.717) is 5.75 Å². The number of hydrogen-bond donors (Lipinski definition) is 2. The van der Waals surface area contributed by atoms with Crippen molar-refractivity contribution in [3.05, 3.63) is 22.3 Å². The number of phenols is 1. The van der Waals surface area contributed by atoms with Gasteiger partial charge >= 0.3 is 0 Å². The average molecular weight is 306 g/mol. The first-order valence-electron chi connectivity index (χ1n) is 8.53. The van der Waals surface area contributed by atoms with Gasteiger partial charge in [-0.3, -0.25) is 0 Å². The maximum absolute atomic E-state index is 11.0. The van der Waals surface area contributed by atoms with E-state index >= 15 is 0 Å². The maximum atomic E-state index is 11.0. The summed E-state index contributed by atoms with van der Waals surface area (Å²) < 4.78 is 0. The molecule has 1 rings (SSSR count). The monoisotopic (exact) mass is 305 g/mol. The normalized spacial score (nSPS) is 12.6. The quantitative estimate of drug-likeness (QED) is 0.543. The number of unbranched alkanes of at least 4 members (excludes halogenated alkanes) is 1. The van der Waals surface area contributed by atoms with Gasteiger partial charge in [0, 0.05) is 23.4 Å². The molecule has 22 heavy (non-hydrogen) atoms. The molecule has 2 N–H and O–H groups in total. The molecule has 0 bridgehead atoms. The average Bonchev–Trinajstić information content (AvgIpc) is 2.29. The van der Waals surface area contributed by atoms with Crippen LogP contribution in [0.5, 0.6) is 5.75 Å². The molecule has 0 unspecified atom stereocenters. The summed E-state index contributed by atoms with van der Waals surface area (Å²) >= 11 is 0. The highest BCUT2D eigenvalue weighted by atomic mass is 16.3. The Hall–Kier alpha value is -1.18. The molecule has 0 spiro atoms. The molecule has 126 valence electrons. The second-order valence-electron chi connectivity index (χ2n) is 8.50. The first-order chi connectivity index (χ1) is 9.92. The van der Waals surface area contributed by atoms with Crippen molar-refractivity contribution in [1.29, 1.82) is 0 Å². The molecule has 2 heteroatoms. The lowest BCUT2D eigenvalue weighted by atomic mass is 9.75. The van der Waals surface area contributed by atoms with Crippen LogP contribution in [0.2, 0.25) is 0 Å². The fourth-order valence-corrected chi connectivity index (χ4v) is 3.50. The summed E-state index contributed by atoms with van der Waals surface area (Å²) in [4.78, 5) is 0. The third-order valence-corrected chi connectivity index (χ3v) is 4.31. The molecule has 0 saturated heterocycles. The van der Waals surface area contributed by atoms with Crippen molar-refractivity contribution < 1.29 is 5.11 Å². The minimum atomic E-state index is -0.0803. The molecule has 0 aliphatic carbocycles. The molecule has 0 saturated carbocycles. The summed E-state index contributed by atoms with van der Waals surface area (Å²) in [6.07, 6.45) is 2.34. The number of anilines is 1. The molecule has 0 atom stereocenters. The van der Waals surface area contributed by atoms with Crippen molar-refractivity contribution in [1.82, 2.24) is 0 Å². The fourth-order valence-electron chi connectivity index (χ4n) is 3.50. The number of hydrogen-bond acceptors (Lipinski definition) is 2. The Morgan fingerprint density at radius 2 is 1.27 bits per heavy atom. The van der Waals surface area contributed by atoms with Gasteiger partial charge < -0.3 is 10.4 Å². The molecule has 0 fully saturated rings. The summed E-state index contributed by atoms with van der Waals surface area (Å²) in [5, 5.41) is 14.6. The van der Waals surface area contributed by atoms with E-state index in [-0.39, 0.29) is 10.8 Å². The summed E-state index contributed by atoms with van der Waals surface area (Å²) in [7, 11) is 0. The molecule has 0 aliphatic rings. The number of nitrogens with one attached hydrogen (secondary N) is 1. The summed E-state index contributed by atoms with van der Waals surface area (Å²) in [6.45, 7) is 20.5. The van der Waals surface area contributed by atoms with E-state index in [2.05, 4.69) is 67.6 Å². The molecule has 2 nitrogen and oxygen atoms in total. The van der Waals surface area contributed by atoms with E-state index < -0.39 is 0 Å². The lowest BCUT2D eigenvalue weighted by molar-refractivity contribution is 0.421. The standard InChI is InChI=1S/C20H35NO/c1-10-11-12-21-17-13(2)15(19(4,5)6)18(22)16(14(17)3)20(7,8)9/h21-22H,10-12H2,1-9H3. The van der Waals surface area contributed by atoms with E-state index in [1.807, 2.05) is 0 Å². The van der Waals surface area contributed by atoms with Crippen molar-refractivity contribution in [2.45, 2.75) is 86.0 Å². The molecule has 0 amide bonds. The summed E-state index contributed by atoms with van der Waals surface area (Å²) in [6, 6.07) is 0. The van der Waals surface area contributed by atoms with Gasteiger partial charge in [-0.05, 0) is 42.2 Å². The third kappa shape index (κ3) is 3.77. The maximum Gasteiger partial charge on any atom is 0.123 e. The van der Waals surface area contributed by atoms with Crippen LogP contribution in [0.15, 0.2) is 0 Å². The van der Waals surface area contributed by atoms with E-state index in [9.17, 15) is 5.11 Å². The summed E-state index contributed by atoms with van der Waals surface area (Å²) in [5.74, 6) is 0.482. The molecule has 0 radical (unpaired) electrons. The number of benzene rings is 1. The smallest absolute Gasteiger partial charge is 0.123 e. The molecule has 0 aliphatic heterocycles. The Labute approximate surface area is 137 Å². The fraction of sp³-hybridized carbons (Fsp3) is 0.700. The first-order valence-corrected chi connectivity index (χ1v) is 8.53. The predicted octanol–water partition coefficient (Wildman–Crippen LogP) is 5.82. The highest BCUT2D eigenvalue weighted by molar-refractivity contribution is 5.70. The third-order valence-electron chi connectivity index (χ3n) is 4.31. The van der Waals surface area contributed by atoms with Gasteiger partial charge in [-0.2, -0.15) is 0 Å². The van der Waals surface area contributed by atoms with Gasteiger partial charge in [-0.1, -0.05) is 54.9 Å². The van der Waals surface area contributed by atoms with Gasteiger partial charge in [0.2, 0.25) is 0 Å². The second-order valence-corrected chi connectivity index (χ2v) is 8.50. The molecule has 1 aromatic rings. The number of phenolic OH excluding ortho intramolecular Hbond substituents is 1. The van der Waals surface area contributed by atoms with Crippen LogP contribution in [0.25, 0.3) is 0 Å². The highest BCUT2D eigenvalue weighted by Crippen LogP contribution is 2.46. The van der Waals surface area contributed by atoms with Crippen LogP contribution in [0.4, 0.5) is 5.69 Å². The van der Waals surface area contributed by atoms with Crippen LogP contribution in [-0.2, 0) is 10.8 Å². The van der Waals surface area contributed by atoms with Crippen molar-refractivity contribution in [2.24, 2.45) is 0 Å². The largest absolute Gasteiger partial charge is 0.507 e. The Kier molecular flexibility index (Phi) is 5.59. The van der Waals surface area contributed by atoms with Crippen molar-refractivity contribution >= 4 is 5.69 Å². The van der Waals surface area contributed by atoms with Crippen LogP contribution >= 0.6 is 0 Å². The zero-order chi connectivity index (χ0) is 17.3. The van der Waals surface area contributed by atoms with Crippen LogP contribution in [-0.4, -0.2) is 11.7 Å².